The molecular weight excluding hydrogens is 386 g/mol. The average Bonchev–Trinajstić information content (AvgIpc) is 3.29. The monoisotopic (exact) mass is 407 g/mol. The summed E-state index contributed by atoms with van der Waals surface area (Å²) in [5, 5.41) is 4.33. The molecule has 4 rings (SSSR count). The molecule has 8 heteroatoms. The number of hydrogen-bond donors (Lipinski definition) is 0. The normalized spacial score (nSPS) is 13.9. The van der Waals surface area contributed by atoms with Crippen molar-refractivity contribution in [1.29, 1.82) is 0 Å². The highest BCUT2D eigenvalue weighted by atomic mass is 16.5. The van der Waals surface area contributed by atoms with Gasteiger partial charge in [-0.15, -0.1) is 0 Å². The quantitative estimate of drug-likeness (QED) is 0.483. The van der Waals surface area contributed by atoms with Crippen LogP contribution in [0.1, 0.15) is 51.5 Å². The molecule has 154 valence electrons. The molecule has 1 atom stereocenters. The first-order valence-electron chi connectivity index (χ1n) is 9.66. The summed E-state index contributed by atoms with van der Waals surface area (Å²) < 4.78 is 10.6. The zero-order valence-electron chi connectivity index (χ0n) is 17.2. The van der Waals surface area contributed by atoms with E-state index < -0.39 is 12.1 Å². The van der Waals surface area contributed by atoms with Crippen molar-refractivity contribution in [3.8, 4) is 0 Å². The molecule has 0 unspecified atom stereocenters. The standard InChI is InChI=1S/C22H21N3O5/c1-11-9-17(19-12(2)24-30-21(19)23-11)22(28)29-13(3)20(27)16-5-6-18-15(10-16)7-8-25(18)14(4)26/h5-6,9-10,13H,7-8H2,1-4H3/t13-/m0/s1. The molecule has 3 heterocycles. The van der Waals surface area contributed by atoms with Crippen LogP contribution in [-0.2, 0) is 16.0 Å². The Labute approximate surface area is 172 Å². The number of esters is 1. The van der Waals surface area contributed by atoms with Gasteiger partial charge in [0, 0.05) is 30.4 Å². The lowest BCUT2D eigenvalue weighted by Gasteiger charge is -2.16. The van der Waals surface area contributed by atoms with Gasteiger partial charge >= 0.3 is 5.97 Å². The van der Waals surface area contributed by atoms with E-state index >= 15 is 0 Å². The van der Waals surface area contributed by atoms with Crippen molar-refractivity contribution < 1.29 is 23.6 Å². The molecule has 8 nitrogen and oxygen atoms in total. The molecule has 0 spiro atoms. The maximum absolute atomic E-state index is 12.9. The molecule has 30 heavy (non-hydrogen) atoms. The fraction of sp³-hybridized carbons (Fsp3) is 0.318. The van der Waals surface area contributed by atoms with Gasteiger partial charge in [-0.25, -0.2) is 9.78 Å². The number of pyridine rings is 1. The van der Waals surface area contributed by atoms with Gasteiger partial charge in [-0.1, -0.05) is 5.16 Å². The van der Waals surface area contributed by atoms with Crippen molar-refractivity contribution in [1.82, 2.24) is 10.1 Å². The molecule has 1 aromatic carbocycles. The van der Waals surface area contributed by atoms with Crippen molar-refractivity contribution in [2.45, 2.75) is 40.2 Å². The Morgan fingerprint density at radius 2 is 1.97 bits per heavy atom. The Hall–Kier alpha value is -3.55. The fourth-order valence-electron chi connectivity index (χ4n) is 3.77. The zero-order chi connectivity index (χ0) is 21.6. The molecule has 0 fully saturated rings. The Balaban J connectivity index is 1.56. The molecule has 0 bridgehead atoms. The van der Waals surface area contributed by atoms with Crippen LogP contribution in [0.3, 0.4) is 0 Å². The summed E-state index contributed by atoms with van der Waals surface area (Å²) in [6, 6.07) is 6.79. The van der Waals surface area contributed by atoms with Gasteiger partial charge in [0.15, 0.2) is 6.10 Å². The third-order valence-electron chi connectivity index (χ3n) is 5.26. The molecule has 0 saturated heterocycles. The third kappa shape index (κ3) is 3.34. The van der Waals surface area contributed by atoms with E-state index in [0.717, 1.165) is 11.3 Å². The number of anilines is 1. The van der Waals surface area contributed by atoms with Gasteiger partial charge in [-0.2, -0.15) is 0 Å². The topological polar surface area (TPSA) is 103 Å². The lowest BCUT2D eigenvalue weighted by atomic mass is 10.0. The van der Waals surface area contributed by atoms with E-state index in [1.165, 1.54) is 6.92 Å². The molecule has 2 aromatic heterocycles. The van der Waals surface area contributed by atoms with E-state index in [0.29, 0.717) is 35.3 Å². The summed E-state index contributed by atoms with van der Waals surface area (Å²) in [7, 11) is 0. The minimum absolute atomic E-state index is 0.0295. The van der Waals surface area contributed by atoms with Crippen molar-refractivity contribution in [2.24, 2.45) is 0 Å². The minimum Gasteiger partial charge on any atom is -0.451 e. The number of carbonyl (C=O) groups excluding carboxylic acids is 3. The predicted octanol–water partition coefficient (Wildman–Crippen LogP) is 3.18. The first kappa shape index (κ1) is 19.8. The Morgan fingerprint density at radius 1 is 1.20 bits per heavy atom. The zero-order valence-corrected chi connectivity index (χ0v) is 17.2. The van der Waals surface area contributed by atoms with Gasteiger partial charge in [0.25, 0.3) is 5.71 Å². The van der Waals surface area contributed by atoms with Crippen LogP contribution in [0.2, 0.25) is 0 Å². The van der Waals surface area contributed by atoms with Gasteiger partial charge in [-0.3, -0.25) is 9.59 Å². The fourth-order valence-corrected chi connectivity index (χ4v) is 3.77. The Bertz CT molecular complexity index is 1200. The molecule has 1 aliphatic heterocycles. The molecule has 0 aliphatic carbocycles. The number of ether oxygens (including phenoxy) is 1. The van der Waals surface area contributed by atoms with E-state index in [-0.39, 0.29) is 23.0 Å². The summed E-state index contributed by atoms with van der Waals surface area (Å²) in [5.74, 6) is -0.976. The molecule has 0 N–H and O–H groups in total. The lowest BCUT2D eigenvalue weighted by Crippen LogP contribution is -2.26. The largest absolute Gasteiger partial charge is 0.451 e. The minimum atomic E-state index is -0.982. The summed E-state index contributed by atoms with van der Waals surface area (Å²) in [5.41, 5.74) is 3.82. The van der Waals surface area contributed by atoms with E-state index in [1.807, 2.05) is 0 Å². The summed E-state index contributed by atoms with van der Waals surface area (Å²) >= 11 is 0. The van der Waals surface area contributed by atoms with Gasteiger partial charge < -0.3 is 14.2 Å². The summed E-state index contributed by atoms with van der Waals surface area (Å²) in [6.07, 6.45) is -0.296. The predicted molar refractivity (Wildman–Crippen MR) is 109 cm³/mol. The number of fused-ring (bicyclic) bond motifs is 2. The van der Waals surface area contributed by atoms with Crippen LogP contribution in [0, 0.1) is 13.8 Å². The van der Waals surface area contributed by atoms with E-state index in [2.05, 4.69) is 10.1 Å². The van der Waals surface area contributed by atoms with E-state index in [1.54, 1.807) is 49.9 Å². The van der Waals surface area contributed by atoms with Crippen LogP contribution in [0.4, 0.5) is 5.69 Å². The number of aryl methyl sites for hydroxylation is 2. The third-order valence-corrected chi connectivity index (χ3v) is 5.26. The van der Waals surface area contributed by atoms with Gasteiger partial charge in [0.1, 0.15) is 0 Å². The van der Waals surface area contributed by atoms with Crippen molar-refractivity contribution in [3.63, 3.8) is 0 Å². The highest BCUT2D eigenvalue weighted by molar-refractivity contribution is 6.06. The number of ketones is 1. The molecule has 1 aliphatic rings. The Kier molecular flexibility index (Phi) is 4.85. The highest BCUT2D eigenvalue weighted by Gasteiger charge is 2.27. The van der Waals surface area contributed by atoms with Crippen molar-refractivity contribution in [3.05, 3.63) is 52.3 Å². The van der Waals surface area contributed by atoms with Gasteiger partial charge in [0.05, 0.1) is 16.6 Å². The van der Waals surface area contributed by atoms with Gasteiger partial charge in [0.2, 0.25) is 11.7 Å². The molecule has 1 amide bonds. The van der Waals surface area contributed by atoms with Crippen LogP contribution in [0.15, 0.2) is 28.8 Å². The number of Topliss-reactive ketones (excluding diaryl/α,β-unsaturated/α-hetero) is 1. The second kappa shape index (κ2) is 7.37. The smallest absolute Gasteiger partial charge is 0.339 e. The van der Waals surface area contributed by atoms with Crippen LogP contribution >= 0.6 is 0 Å². The maximum Gasteiger partial charge on any atom is 0.339 e. The van der Waals surface area contributed by atoms with Crippen LogP contribution in [-0.4, -0.2) is 40.4 Å². The average molecular weight is 407 g/mol. The van der Waals surface area contributed by atoms with E-state index in [9.17, 15) is 14.4 Å². The molecule has 3 aromatic rings. The Morgan fingerprint density at radius 3 is 2.70 bits per heavy atom. The molecular formula is C22H21N3O5. The number of rotatable bonds is 4. The van der Waals surface area contributed by atoms with Crippen molar-refractivity contribution in [2.75, 3.05) is 11.4 Å². The number of hydrogen-bond acceptors (Lipinski definition) is 7. The number of carbonyl (C=O) groups is 3. The van der Waals surface area contributed by atoms with E-state index in [4.69, 9.17) is 9.26 Å². The lowest BCUT2D eigenvalue weighted by molar-refractivity contribution is -0.116. The summed E-state index contributed by atoms with van der Waals surface area (Å²) in [4.78, 5) is 43.3. The number of benzene rings is 1. The SMILES string of the molecule is CC(=O)N1CCc2cc(C(=O)[C@H](C)OC(=O)c3cc(C)nc4onc(C)c34)ccc21. The van der Waals surface area contributed by atoms with Crippen LogP contribution in [0.25, 0.3) is 11.1 Å². The number of aromatic nitrogens is 2. The first-order chi connectivity index (χ1) is 14.3. The highest BCUT2D eigenvalue weighted by Crippen LogP contribution is 2.29. The van der Waals surface area contributed by atoms with Crippen molar-refractivity contribution >= 4 is 34.4 Å². The second-order valence-corrected chi connectivity index (χ2v) is 7.44. The number of nitrogens with zero attached hydrogens (tertiary/aromatic N) is 3. The molecule has 0 radical (unpaired) electrons. The summed E-state index contributed by atoms with van der Waals surface area (Å²) in [6.45, 7) is 7.11. The number of amides is 1. The molecule has 0 saturated carbocycles. The second-order valence-electron chi connectivity index (χ2n) is 7.44. The van der Waals surface area contributed by atoms with Crippen LogP contribution < -0.4 is 4.90 Å². The first-order valence-corrected chi connectivity index (χ1v) is 9.66. The maximum atomic E-state index is 12.9. The van der Waals surface area contributed by atoms with Gasteiger partial charge in [-0.05, 0) is 57.0 Å². The van der Waals surface area contributed by atoms with Crippen LogP contribution in [0.5, 0.6) is 0 Å².